The van der Waals surface area contributed by atoms with Crippen LogP contribution >= 0.6 is 0 Å². The monoisotopic (exact) mass is 208 g/mol. The van der Waals surface area contributed by atoms with Crippen molar-refractivity contribution in [1.82, 2.24) is 20.4 Å². The normalized spacial score (nSPS) is 10.1. The smallest absolute Gasteiger partial charge is 0.393 e. The lowest BCUT2D eigenvalue weighted by molar-refractivity contribution is 0.0654. The van der Waals surface area contributed by atoms with Crippen LogP contribution in [0.5, 0.6) is 0 Å². The van der Waals surface area contributed by atoms with Gasteiger partial charge < -0.3 is 9.52 Å². The fourth-order valence-corrected chi connectivity index (χ4v) is 0.877. The van der Waals surface area contributed by atoms with Gasteiger partial charge in [0.15, 0.2) is 0 Å². The van der Waals surface area contributed by atoms with Crippen LogP contribution in [0.2, 0.25) is 0 Å². The van der Waals surface area contributed by atoms with E-state index >= 15 is 0 Å². The van der Waals surface area contributed by atoms with Crippen LogP contribution in [0.4, 0.5) is 0 Å². The molecule has 0 unspecified atom stereocenters. The van der Waals surface area contributed by atoms with Crippen LogP contribution in [0.25, 0.3) is 11.6 Å². The van der Waals surface area contributed by atoms with Crippen molar-refractivity contribution in [2.45, 2.75) is 0 Å². The molecule has 0 bridgehead atoms. The summed E-state index contributed by atoms with van der Waals surface area (Å²) in [6, 6.07) is 2.56. The van der Waals surface area contributed by atoms with Crippen LogP contribution in [0.3, 0.4) is 0 Å². The summed E-state index contributed by atoms with van der Waals surface area (Å²) in [5, 5.41) is 21.0. The van der Waals surface area contributed by atoms with Crippen LogP contribution in [-0.4, -0.2) is 31.5 Å². The number of hydrogen-bond donors (Lipinski definition) is 2. The fraction of sp³-hybridized carbons (Fsp3) is 0. The van der Waals surface area contributed by atoms with E-state index < -0.39 is 11.9 Å². The van der Waals surface area contributed by atoms with Crippen molar-refractivity contribution in [3.05, 3.63) is 28.4 Å². The average molecular weight is 208 g/mol. The van der Waals surface area contributed by atoms with E-state index in [1.54, 1.807) is 0 Å². The Kier molecular flexibility index (Phi) is 2.01. The lowest BCUT2D eigenvalue weighted by Crippen LogP contribution is -2.05. The highest BCUT2D eigenvalue weighted by atomic mass is 16.4. The van der Waals surface area contributed by atoms with Gasteiger partial charge in [0.25, 0.3) is 11.4 Å². The third-order valence-corrected chi connectivity index (χ3v) is 1.51. The van der Waals surface area contributed by atoms with Gasteiger partial charge in [-0.25, -0.2) is 9.89 Å². The SMILES string of the molecule is O=C(O)c1nnc(-c2ccc(=O)[nH]n2)o1. The third kappa shape index (κ3) is 1.73. The van der Waals surface area contributed by atoms with E-state index in [4.69, 9.17) is 9.52 Å². The van der Waals surface area contributed by atoms with Gasteiger partial charge in [-0.3, -0.25) is 4.79 Å². The first-order valence-corrected chi connectivity index (χ1v) is 3.80. The van der Waals surface area contributed by atoms with Gasteiger partial charge in [0, 0.05) is 6.07 Å². The highest BCUT2D eigenvalue weighted by Gasteiger charge is 2.14. The average Bonchev–Trinajstić information content (AvgIpc) is 2.68. The molecule has 0 atom stereocenters. The largest absolute Gasteiger partial charge is 0.474 e. The van der Waals surface area contributed by atoms with Crippen molar-refractivity contribution in [2.75, 3.05) is 0 Å². The van der Waals surface area contributed by atoms with Gasteiger partial charge in [-0.2, -0.15) is 5.10 Å². The van der Waals surface area contributed by atoms with E-state index in [0.29, 0.717) is 0 Å². The Morgan fingerprint density at radius 1 is 1.40 bits per heavy atom. The predicted molar refractivity (Wildman–Crippen MR) is 45.1 cm³/mol. The number of aromatic amines is 1. The summed E-state index contributed by atoms with van der Waals surface area (Å²) in [4.78, 5) is 21.1. The Labute approximate surface area is 81.6 Å². The van der Waals surface area contributed by atoms with Crippen LogP contribution in [0, 0.1) is 0 Å². The van der Waals surface area contributed by atoms with Crippen molar-refractivity contribution in [3.8, 4) is 11.6 Å². The molecule has 76 valence electrons. The summed E-state index contributed by atoms with van der Waals surface area (Å²) in [6.07, 6.45) is 0. The van der Waals surface area contributed by atoms with Gasteiger partial charge in [0.05, 0.1) is 0 Å². The maximum absolute atomic E-state index is 10.7. The second-order valence-electron chi connectivity index (χ2n) is 2.52. The van der Waals surface area contributed by atoms with Crippen LogP contribution in [0.1, 0.15) is 10.7 Å². The maximum Gasteiger partial charge on any atom is 0.393 e. The molecule has 0 aromatic carbocycles. The molecule has 0 saturated heterocycles. The quantitative estimate of drug-likeness (QED) is 0.683. The molecule has 0 aliphatic rings. The molecule has 0 radical (unpaired) electrons. The minimum absolute atomic E-state index is 0.0661. The first kappa shape index (κ1) is 9.06. The third-order valence-electron chi connectivity index (χ3n) is 1.51. The summed E-state index contributed by atoms with van der Waals surface area (Å²) in [6.45, 7) is 0. The van der Waals surface area contributed by atoms with Gasteiger partial charge in [-0.15, -0.1) is 10.2 Å². The molecule has 2 heterocycles. The number of rotatable bonds is 2. The first-order chi connectivity index (χ1) is 7.16. The molecule has 8 heteroatoms. The Hall–Kier alpha value is -2.51. The number of carboxylic acids is 1. The minimum atomic E-state index is -1.32. The summed E-state index contributed by atoms with van der Waals surface area (Å²) in [7, 11) is 0. The van der Waals surface area contributed by atoms with Crippen molar-refractivity contribution < 1.29 is 14.3 Å². The molecule has 0 aliphatic carbocycles. The molecule has 2 aromatic rings. The Bertz CT molecular complexity index is 538. The number of hydrogen-bond acceptors (Lipinski definition) is 6. The number of aromatic nitrogens is 4. The summed E-state index contributed by atoms with van der Waals surface area (Å²) in [5.74, 6) is -1.92. The summed E-state index contributed by atoms with van der Waals surface area (Å²) < 4.78 is 4.76. The van der Waals surface area contributed by atoms with Crippen molar-refractivity contribution in [2.24, 2.45) is 0 Å². The van der Waals surface area contributed by atoms with Gasteiger partial charge in [-0.05, 0) is 6.07 Å². The van der Waals surface area contributed by atoms with E-state index in [1.807, 2.05) is 0 Å². The molecule has 0 spiro atoms. The Morgan fingerprint density at radius 2 is 2.20 bits per heavy atom. The number of H-pyrrole nitrogens is 1. The molecule has 0 amide bonds. The maximum atomic E-state index is 10.7. The molecule has 15 heavy (non-hydrogen) atoms. The topological polar surface area (TPSA) is 122 Å². The second kappa shape index (κ2) is 3.33. The number of carbonyl (C=O) groups is 1. The highest BCUT2D eigenvalue weighted by Crippen LogP contribution is 2.12. The Morgan fingerprint density at radius 3 is 2.73 bits per heavy atom. The fourth-order valence-electron chi connectivity index (χ4n) is 0.877. The van der Waals surface area contributed by atoms with Crippen molar-refractivity contribution in [1.29, 1.82) is 0 Å². The lowest BCUT2D eigenvalue weighted by atomic mass is 10.4. The molecule has 2 rings (SSSR count). The molecule has 2 aromatic heterocycles. The predicted octanol–water partition coefficient (Wildman–Crippen LogP) is -0.482. The zero-order chi connectivity index (χ0) is 10.8. The Balaban J connectivity index is 2.41. The van der Waals surface area contributed by atoms with Gasteiger partial charge >= 0.3 is 11.9 Å². The van der Waals surface area contributed by atoms with Gasteiger partial charge in [0.1, 0.15) is 5.69 Å². The molecule has 0 saturated carbocycles. The molecule has 2 N–H and O–H groups in total. The van der Waals surface area contributed by atoms with Crippen molar-refractivity contribution in [3.63, 3.8) is 0 Å². The molecular weight excluding hydrogens is 204 g/mol. The summed E-state index contributed by atoms with van der Waals surface area (Å²) >= 11 is 0. The number of nitrogens with one attached hydrogen (secondary N) is 1. The lowest BCUT2D eigenvalue weighted by Gasteiger charge is -1.89. The van der Waals surface area contributed by atoms with E-state index in [9.17, 15) is 9.59 Å². The molecular formula is C7H4N4O4. The van der Waals surface area contributed by atoms with E-state index in [-0.39, 0.29) is 17.1 Å². The van der Waals surface area contributed by atoms with Crippen LogP contribution in [-0.2, 0) is 0 Å². The van der Waals surface area contributed by atoms with Crippen LogP contribution < -0.4 is 5.56 Å². The number of nitrogens with zero attached hydrogens (tertiary/aromatic N) is 3. The zero-order valence-corrected chi connectivity index (χ0v) is 7.17. The molecule has 0 aliphatic heterocycles. The van der Waals surface area contributed by atoms with Crippen molar-refractivity contribution >= 4 is 5.97 Å². The van der Waals surface area contributed by atoms with Crippen LogP contribution in [0.15, 0.2) is 21.3 Å². The first-order valence-electron chi connectivity index (χ1n) is 3.80. The van der Waals surface area contributed by atoms with E-state index in [2.05, 4.69) is 20.4 Å². The highest BCUT2D eigenvalue weighted by molar-refractivity contribution is 5.82. The van der Waals surface area contributed by atoms with E-state index in [0.717, 1.165) is 0 Å². The minimum Gasteiger partial charge on any atom is -0.474 e. The second-order valence-corrected chi connectivity index (χ2v) is 2.52. The van der Waals surface area contributed by atoms with E-state index in [1.165, 1.54) is 12.1 Å². The zero-order valence-electron chi connectivity index (χ0n) is 7.17. The standard InChI is InChI=1S/C7H4N4O4/c12-4-2-1-3(8-9-4)5-10-11-6(15-5)7(13)14/h1-2H,(H,9,12)(H,13,14). The number of aromatic carboxylic acids is 1. The van der Waals surface area contributed by atoms with Gasteiger partial charge in [0.2, 0.25) is 0 Å². The molecule has 0 fully saturated rings. The number of carboxylic acid groups (broad SMARTS) is 1. The summed E-state index contributed by atoms with van der Waals surface area (Å²) in [5.41, 5.74) is -0.175. The van der Waals surface area contributed by atoms with Gasteiger partial charge in [-0.1, -0.05) is 0 Å². The molecule has 8 nitrogen and oxygen atoms in total.